The minimum atomic E-state index is 0.596. The Kier molecular flexibility index (Phi) is 3.57. The zero-order valence-electron chi connectivity index (χ0n) is 9.91. The maximum absolute atomic E-state index is 6.23. The number of nitrogens with zero attached hydrogens (tertiary/aromatic N) is 1. The fourth-order valence-corrected chi connectivity index (χ4v) is 2.92. The highest BCUT2D eigenvalue weighted by Gasteiger charge is 2.07. The van der Waals surface area contributed by atoms with E-state index in [4.69, 9.17) is 23.2 Å². The fraction of sp³-hybridized carbons (Fsp3) is 0.0667. The van der Waals surface area contributed by atoms with Gasteiger partial charge in [0.05, 0.1) is 10.0 Å². The van der Waals surface area contributed by atoms with E-state index in [1.807, 2.05) is 18.2 Å². The van der Waals surface area contributed by atoms with E-state index >= 15 is 0 Å². The van der Waals surface area contributed by atoms with Crippen LogP contribution in [0.2, 0.25) is 10.0 Å². The molecule has 0 aliphatic heterocycles. The first-order valence-corrected chi connectivity index (χ1v) is 7.37. The second-order valence-electron chi connectivity index (χ2n) is 4.36. The summed E-state index contributed by atoms with van der Waals surface area (Å²) in [4.78, 5) is 0. The summed E-state index contributed by atoms with van der Waals surface area (Å²) in [5.41, 5.74) is 2.20. The van der Waals surface area contributed by atoms with Crippen molar-refractivity contribution in [2.24, 2.45) is 0 Å². The van der Waals surface area contributed by atoms with Gasteiger partial charge in [0.2, 0.25) is 0 Å². The second-order valence-corrected chi connectivity index (χ2v) is 6.06. The SMILES string of the molecule is Clc1cccc(Cn2ccc3cc(Br)ccc32)c1Cl. The van der Waals surface area contributed by atoms with Crippen molar-refractivity contribution in [3.8, 4) is 0 Å². The molecule has 2 aromatic carbocycles. The highest BCUT2D eigenvalue weighted by atomic mass is 79.9. The third-order valence-electron chi connectivity index (χ3n) is 3.11. The highest BCUT2D eigenvalue weighted by molar-refractivity contribution is 9.10. The standard InChI is InChI=1S/C15H10BrCl2N/c16-12-4-5-14-10(8-12)6-7-19(14)9-11-2-1-3-13(17)15(11)18/h1-8H,9H2. The lowest BCUT2D eigenvalue weighted by atomic mass is 10.2. The molecule has 3 aromatic rings. The first kappa shape index (κ1) is 13.0. The molecule has 0 unspecified atom stereocenters. The van der Waals surface area contributed by atoms with E-state index in [2.05, 4.69) is 44.9 Å². The van der Waals surface area contributed by atoms with Gasteiger partial charge in [-0.1, -0.05) is 51.3 Å². The van der Waals surface area contributed by atoms with Crippen LogP contribution in [-0.2, 0) is 6.54 Å². The van der Waals surface area contributed by atoms with Gasteiger partial charge in [-0.25, -0.2) is 0 Å². The van der Waals surface area contributed by atoms with Gasteiger partial charge < -0.3 is 4.57 Å². The molecule has 0 amide bonds. The van der Waals surface area contributed by atoms with Crippen LogP contribution < -0.4 is 0 Å². The molecule has 0 radical (unpaired) electrons. The first-order chi connectivity index (χ1) is 9.15. The maximum Gasteiger partial charge on any atom is 0.0642 e. The summed E-state index contributed by atoms with van der Waals surface area (Å²) in [5.74, 6) is 0. The number of rotatable bonds is 2. The van der Waals surface area contributed by atoms with Crippen LogP contribution in [0.3, 0.4) is 0 Å². The van der Waals surface area contributed by atoms with E-state index in [-0.39, 0.29) is 0 Å². The minimum absolute atomic E-state index is 0.596. The highest BCUT2D eigenvalue weighted by Crippen LogP contribution is 2.28. The predicted molar refractivity (Wildman–Crippen MR) is 85.2 cm³/mol. The van der Waals surface area contributed by atoms with Crippen molar-refractivity contribution < 1.29 is 0 Å². The average Bonchev–Trinajstić information content (AvgIpc) is 2.77. The van der Waals surface area contributed by atoms with Gasteiger partial charge in [0.1, 0.15) is 0 Å². The lowest BCUT2D eigenvalue weighted by Gasteiger charge is -2.08. The van der Waals surface area contributed by atoms with Crippen LogP contribution >= 0.6 is 39.1 Å². The van der Waals surface area contributed by atoms with Crippen LogP contribution in [0.4, 0.5) is 0 Å². The largest absolute Gasteiger partial charge is 0.343 e. The smallest absolute Gasteiger partial charge is 0.0642 e. The Labute approximate surface area is 129 Å². The van der Waals surface area contributed by atoms with Crippen molar-refractivity contribution in [2.75, 3.05) is 0 Å². The number of hydrogen-bond acceptors (Lipinski definition) is 0. The van der Waals surface area contributed by atoms with E-state index in [0.29, 0.717) is 16.6 Å². The van der Waals surface area contributed by atoms with Gasteiger partial charge in [-0.3, -0.25) is 0 Å². The fourth-order valence-electron chi connectivity index (χ4n) is 2.16. The van der Waals surface area contributed by atoms with E-state index in [1.165, 1.54) is 10.9 Å². The summed E-state index contributed by atoms with van der Waals surface area (Å²) in [7, 11) is 0. The van der Waals surface area contributed by atoms with E-state index in [9.17, 15) is 0 Å². The monoisotopic (exact) mass is 353 g/mol. The third-order valence-corrected chi connectivity index (χ3v) is 4.46. The van der Waals surface area contributed by atoms with Gasteiger partial charge in [0.25, 0.3) is 0 Å². The molecule has 3 rings (SSSR count). The summed E-state index contributed by atoms with van der Waals surface area (Å²) < 4.78 is 3.25. The maximum atomic E-state index is 6.23. The van der Waals surface area contributed by atoms with Crippen molar-refractivity contribution in [1.29, 1.82) is 0 Å². The lowest BCUT2D eigenvalue weighted by Crippen LogP contribution is -1.98. The molecule has 0 saturated heterocycles. The lowest BCUT2D eigenvalue weighted by molar-refractivity contribution is 0.837. The molecule has 0 atom stereocenters. The van der Waals surface area contributed by atoms with Gasteiger partial charge in [-0.15, -0.1) is 0 Å². The average molecular weight is 355 g/mol. The van der Waals surface area contributed by atoms with Crippen LogP contribution in [0, 0.1) is 0 Å². The Morgan fingerprint density at radius 1 is 1.05 bits per heavy atom. The van der Waals surface area contributed by atoms with Crippen molar-refractivity contribution in [1.82, 2.24) is 4.57 Å². The number of halogens is 3. The van der Waals surface area contributed by atoms with E-state index in [0.717, 1.165) is 10.0 Å². The van der Waals surface area contributed by atoms with Crippen LogP contribution in [0.25, 0.3) is 10.9 Å². The zero-order chi connectivity index (χ0) is 13.4. The molecule has 4 heteroatoms. The molecule has 0 aliphatic carbocycles. The van der Waals surface area contributed by atoms with E-state index < -0.39 is 0 Å². The normalized spacial score (nSPS) is 11.1. The first-order valence-electron chi connectivity index (χ1n) is 5.82. The third kappa shape index (κ3) is 2.53. The molecular weight excluding hydrogens is 345 g/mol. The Morgan fingerprint density at radius 2 is 1.89 bits per heavy atom. The van der Waals surface area contributed by atoms with Crippen molar-refractivity contribution in [3.63, 3.8) is 0 Å². The van der Waals surface area contributed by atoms with Crippen LogP contribution in [0.5, 0.6) is 0 Å². The molecule has 0 spiro atoms. The topological polar surface area (TPSA) is 4.93 Å². The molecule has 0 fully saturated rings. The Morgan fingerprint density at radius 3 is 2.74 bits per heavy atom. The van der Waals surface area contributed by atoms with Gasteiger partial charge in [0.15, 0.2) is 0 Å². The van der Waals surface area contributed by atoms with Crippen molar-refractivity contribution in [3.05, 3.63) is 68.7 Å². The molecule has 19 heavy (non-hydrogen) atoms. The summed E-state index contributed by atoms with van der Waals surface area (Å²) in [6, 6.07) is 14.1. The van der Waals surface area contributed by atoms with Gasteiger partial charge in [0, 0.05) is 28.1 Å². The molecule has 0 aliphatic rings. The predicted octanol–water partition coefficient (Wildman–Crippen LogP) is 5.76. The van der Waals surface area contributed by atoms with Crippen LogP contribution in [0.1, 0.15) is 5.56 Å². The summed E-state index contributed by atoms with van der Waals surface area (Å²) >= 11 is 15.8. The number of fused-ring (bicyclic) bond motifs is 1. The Bertz CT molecular complexity index is 749. The zero-order valence-corrected chi connectivity index (χ0v) is 13.0. The molecule has 96 valence electrons. The molecule has 0 N–H and O–H groups in total. The number of benzene rings is 2. The van der Waals surface area contributed by atoms with Crippen molar-refractivity contribution in [2.45, 2.75) is 6.54 Å². The molecule has 1 heterocycles. The van der Waals surface area contributed by atoms with Crippen LogP contribution in [-0.4, -0.2) is 4.57 Å². The van der Waals surface area contributed by atoms with Crippen LogP contribution in [0.15, 0.2) is 53.1 Å². The molecule has 1 nitrogen and oxygen atoms in total. The Balaban J connectivity index is 2.04. The van der Waals surface area contributed by atoms with Gasteiger partial charge >= 0.3 is 0 Å². The molecule has 0 bridgehead atoms. The molecular formula is C15H10BrCl2N. The van der Waals surface area contributed by atoms with E-state index in [1.54, 1.807) is 6.07 Å². The Hall–Kier alpha value is -0.960. The minimum Gasteiger partial charge on any atom is -0.343 e. The summed E-state index contributed by atoms with van der Waals surface area (Å²) in [5, 5.41) is 2.43. The van der Waals surface area contributed by atoms with Gasteiger partial charge in [-0.2, -0.15) is 0 Å². The van der Waals surface area contributed by atoms with Crippen molar-refractivity contribution >= 4 is 50.0 Å². The number of aromatic nitrogens is 1. The second kappa shape index (κ2) is 5.20. The number of hydrogen-bond donors (Lipinski definition) is 0. The summed E-state index contributed by atoms with van der Waals surface area (Å²) in [6.07, 6.45) is 2.06. The van der Waals surface area contributed by atoms with Gasteiger partial charge in [-0.05, 0) is 35.9 Å². The quantitative estimate of drug-likeness (QED) is 0.551. The summed E-state index contributed by atoms with van der Waals surface area (Å²) in [6.45, 7) is 0.713. The molecule has 0 saturated carbocycles. The molecule has 1 aromatic heterocycles.